The van der Waals surface area contributed by atoms with Crippen molar-refractivity contribution in [2.45, 2.75) is 37.1 Å². The molecule has 6 heteroatoms. The van der Waals surface area contributed by atoms with Crippen molar-refractivity contribution in [1.82, 2.24) is 4.72 Å². The molecule has 1 saturated carbocycles. The summed E-state index contributed by atoms with van der Waals surface area (Å²) in [5.41, 5.74) is -0.261. The van der Waals surface area contributed by atoms with E-state index in [1.54, 1.807) is 6.07 Å². The Labute approximate surface area is 112 Å². The van der Waals surface area contributed by atoms with Crippen LogP contribution in [0.4, 0.5) is 4.39 Å². The summed E-state index contributed by atoms with van der Waals surface area (Å²) in [5, 5.41) is 8.72. The van der Waals surface area contributed by atoms with Gasteiger partial charge >= 0.3 is 0 Å². The summed E-state index contributed by atoms with van der Waals surface area (Å²) >= 11 is 0. The van der Waals surface area contributed by atoms with Crippen LogP contribution in [0.25, 0.3) is 0 Å². The molecule has 1 N–H and O–H groups in total. The highest BCUT2D eigenvalue weighted by Crippen LogP contribution is 2.26. The van der Waals surface area contributed by atoms with Crippen molar-refractivity contribution in [2.75, 3.05) is 0 Å². The Bertz CT molecular complexity index is 622. The van der Waals surface area contributed by atoms with E-state index >= 15 is 0 Å². The monoisotopic (exact) mass is 282 g/mol. The molecule has 1 fully saturated rings. The van der Waals surface area contributed by atoms with Crippen LogP contribution in [0.3, 0.4) is 0 Å². The van der Waals surface area contributed by atoms with Crippen LogP contribution in [0.1, 0.15) is 31.7 Å². The third kappa shape index (κ3) is 3.11. The zero-order chi connectivity index (χ0) is 14.0. The van der Waals surface area contributed by atoms with E-state index in [0.717, 1.165) is 31.4 Å². The van der Waals surface area contributed by atoms with E-state index < -0.39 is 15.8 Å². The van der Waals surface area contributed by atoms with Gasteiger partial charge in [0.2, 0.25) is 10.0 Å². The van der Waals surface area contributed by atoms with Crippen LogP contribution in [0, 0.1) is 23.1 Å². The van der Waals surface area contributed by atoms with Gasteiger partial charge in [0.05, 0.1) is 10.5 Å². The molecule has 2 atom stereocenters. The van der Waals surface area contributed by atoms with Gasteiger partial charge in [-0.15, -0.1) is 0 Å². The molecule has 2 unspecified atom stereocenters. The lowest BCUT2D eigenvalue weighted by atomic mass is 10.1. The van der Waals surface area contributed by atoms with Gasteiger partial charge in [-0.05, 0) is 43.4 Å². The molecule has 0 bridgehead atoms. The number of hydrogen-bond donors (Lipinski definition) is 1. The van der Waals surface area contributed by atoms with E-state index in [4.69, 9.17) is 5.26 Å². The van der Waals surface area contributed by atoms with Crippen LogP contribution in [-0.2, 0) is 10.0 Å². The van der Waals surface area contributed by atoms with E-state index in [-0.39, 0.29) is 16.5 Å². The molecule has 1 aromatic carbocycles. The molecule has 1 aliphatic rings. The number of benzene rings is 1. The molecule has 4 nitrogen and oxygen atoms in total. The van der Waals surface area contributed by atoms with Gasteiger partial charge < -0.3 is 0 Å². The molecule has 2 rings (SSSR count). The Morgan fingerprint density at radius 2 is 2.16 bits per heavy atom. The van der Waals surface area contributed by atoms with Crippen LogP contribution in [0.15, 0.2) is 23.1 Å². The van der Waals surface area contributed by atoms with E-state index in [2.05, 4.69) is 11.6 Å². The largest absolute Gasteiger partial charge is 0.240 e. The average Bonchev–Trinajstić information content (AvgIpc) is 2.74. The van der Waals surface area contributed by atoms with Crippen molar-refractivity contribution in [1.29, 1.82) is 5.26 Å². The van der Waals surface area contributed by atoms with Crippen LogP contribution in [-0.4, -0.2) is 14.5 Å². The van der Waals surface area contributed by atoms with Crippen LogP contribution in [0.5, 0.6) is 0 Å². The number of rotatable bonds is 3. The summed E-state index contributed by atoms with van der Waals surface area (Å²) in [6.07, 6.45) is 2.62. The second-order valence-corrected chi connectivity index (χ2v) is 6.70. The summed E-state index contributed by atoms with van der Waals surface area (Å²) < 4.78 is 40.1. The highest BCUT2D eigenvalue weighted by Gasteiger charge is 2.26. The zero-order valence-corrected chi connectivity index (χ0v) is 11.4. The standard InChI is InChI=1S/C13H15FN2O2S/c1-9-2-3-11(6-9)16-19(17,18)12-4-5-13(14)10(7-12)8-15/h4-5,7,9,11,16H,2-3,6H2,1H3. The van der Waals surface area contributed by atoms with Gasteiger partial charge in [-0.1, -0.05) is 6.92 Å². The van der Waals surface area contributed by atoms with Crippen molar-refractivity contribution in [2.24, 2.45) is 5.92 Å². The normalized spacial score (nSPS) is 23.2. The lowest BCUT2D eigenvalue weighted by Gasteiger charge is -2.13. The molecule has 0 heterocycles. The molecule has 1 aliphatic carbocycles. The first-order valence-corrected chi connectivity index (χ1v) is 7.62. The molecular formula is C13H15FN2O2S. The highest BCUT2D eigenvalue weighted by molar-refractivity contribution is 7.89. The lowest BCUT2D eigenvalue weighted by molar-refractivity contribution is 0.538. The molecule has 0 aromatic heterocycles. The summed E-state index contributed by atoms with van der Waals surface area (Å²) in [4.78, 5) is -0.0648. The molecule has 102 valence electrons. The van der Waals surface area contributed by atoms with Gasteiger partial charge in [-0.3, -0.25) is 0 Å². The SMILES string of the molecule is CC1CCC(NS(=O)(=O)c2ccc(F)c(C#N)c2)C1. The van der Waals surface area contributed by atoms with Crippen molar-refractivity contribution in [3.8, 4) is 6.07 Å². The van der Waals surface area contributed by atoms with E-state index in [9.17, 15) is 12.8 Å². The second kappa shape index (κ2) is 5.27. The quantitative estimate of drug-likeness (QED) is 0.923. The fourth-order valence-electron chi connectivity index (χ4n) is 2.36. The predicted molar refractivity (Wildman–Crippen MR) is 68.2 cm³/mol. The van der Waals surface area contributed by atoms with E-state index in [0.29, 0.717) is 5.92 Å². The molecule has 0 saturated heterocycles. The fraction of sp³-hybridized carbons (Fsp3) is 0.462. The number of nitriles is 1. The second-order valence-electron chi connectivity index (χ2n) is 4.99. The number of nitrogens with zero attached hydrogens (tertiary/aromatic N) is 1. The summed E-state index contributed by atoms with van der Waals surface area (Å²) in [6.45, 7) is 2.08. The van der Waals surface area contributed by atoms with Gasteiger partial charge in [0, 0.05) is 6.04 Å². The minimum atomic E-state index is -3.68. The Morgan fingerprint density at radius 1 is 1.42 bits per heavy atom. The van der Waals surface area contributed by atoms with Gasteiger partial charge in [-0.2, -0.15) is 5.26 Å². The van der Waals surface area contributed by atoms with Crippen LogP contribution < -0.4 is 4.72 Å². The number of nitrogens with one attached hydrogen (secondary N) is 1. The maximum atomic E-state index is 13.2. The molecule has 0 amide bonds. The zero-order valence-electron chi connectivity index (χ0n) is 10.6. The molecule has 0 radical (unpaired) electrons. The predicted octanol–water partition coefficient (Wildman–Crippen LogP) is 2.16. The van der Waals surface area contributed by atoms with Crippen molar-refractivity contribution in [3.63, 3.8) is 0 Å². The maximum Gasteiger partial charge on any atom is 0.240 e. The molecule has 0 aliphatic heterocycles. The van der Waals surface area contributed by atoms with Crippen LogP contribution in [0.2, 0.25) is 0 Å². The third-order valence-corrected chi connectivity index (χ3v) is 4.90. The Morgan fingerprint density at radius 3 is 2.74 bits per heavy atom. The smallest absolute Gasteiger partial charge is 0.208 e. The van der Waals surface area contributed by atoms with Crippen molar-refractivity contribution >= 4 is 10.0 Å². The lowest BCUT2D eigenvalue weighted by Crippen LogP contribution is -2.33. The molecule has 19 heavy (non-hydrogen) atoms. The average molecular weight is 282 g/mol. The first-order chi connectivity index (χ1) is 8.92. The van der Waals surface area contributed by atoms with E-state index in [1.807, 2.05) is 0 Å². The highest BCUT2D eigenvalue weighted by atomic mass is 32.2. The summed E-state index contributed by atoms with van der Waals surface area (Å²) in [5.74, 6) is -0.202. The van der Waals surface area contributed by atoms with Gasteiger partial charge in [0.15, 0.2) is 0 Å². The minimum Gasteiger partial charge on any atom is -0.208 e. The number of hydrogen-bond acceptors (Lipinski definition) is 3. The van der Waals surface area contributed by atoms with Gasteiger partial charge in [-0.25, -0.2) is 17.5 Å². The van der Waals surface area contributed by atoms with Crippen molar-refractivity contribution in [3.05, 3.63) is 29.6 Å². The topological polar surface area (TPSA) is 70.0 Å². The van der Waals surface area contributed by atoms with Gasteiger partial charge in [0.25, 0.3) is 0 Å². The molecular weight excluding hydrogens is 267 g/mol. The third-order valence-electron chi connectivity index (χ3n) is 3.39. The van der Waals surface area contributed by atoms with Crippen molar-refractivity contribution < 1.29 is 12.8 Å². The Kier molecular flexibility index (Phi) is 3.88. The first kappa shape index (κ1) is 14.0. The van der Waals surface area contributed by atoms with Crippen LogP contribution >= 0.6 is 0 Å². The first-order valence-electron chi connectivity index (χ1n) is 6.14. The minimum absolute atomic E-state index is 0.0648. The summed E-state index contributed by atoms with van der Waals surface area (Å²) in [6, 6.07) is 4.82. The maximum absolute atomic E-state index is 13.2. The number of halogens is 1. The fourth-order valence-corrected chi connectivity index (χ4v) is 3.67. The van der Waals surface area contributed by atoms with E-state index in [1.165, 1.54) is 6.07 Å². The molecule has 0 spiro atoms. The summed E-state index contributed by atoms with van der Waals surface area (Å²) in [7, 11) is -3.68. The Balaban J connectivity index is 2.22. The van der Waals surface area contributed by atoms with Gasteiger partial charge in [0.1, 0.15) is 11.9 Å². The Hall–Kier alpha value is -1.45. The molecule has 1 aromatic rings. The number of sulfonamides is 1.